The van der Waals surface area contributed by atoms with Crippen LogP contribution in [0.25, 0.3) is 11.3 Å². The highest BCUT2D eigenvalue weighted by Gasteiger charge is 2.13. The number of benzene rings is 1. The first-order chi connectivity index (χ1) is 10.7. The van der Waals surface area contributed by atoms with E-state index in [0.717, 1.165) is 23.4 Å². The monoisotopic (exact) mass is 296 g/mol. The number of aryl methyl sites for hydroxylation is 1. The number of hydrogen-bond acceptors (Lipinski definition) is 5. The standard InChI is InChI=1S/C17H20N4O/c1-5-14(10-18-3)21-17-16(22-4)15(19-11-20-17)13-8-6-12(2)7-9-13/h6-11H,5H2,1-4H3. The second-order valence-electron chi connectivity index (χ2n) is 4.79. The molecule has 114 valence electrons. The number of nitrogens with zero attached hydrogens (tertiary/aromatic N) is 4. The number of aliphatic imine (C=N–C) groups is 2. The topological polar surface area (TPSA) is 59.7 Å². The summed E-state index contributed by atoms with van der Waals surface area (Å²) in [7, 11) is 3.33. The van der Waals surface area contributed by atoms with E-state index in [0.29, 0.717) is 11.6 Å². The molecule has 0 aliphatic carbocycles. The zero-order valence-electron chi connectivity index (χ0n) is 13.4. The molecular formula is C17H20N4O. The normalized spacial score (nSPS) is 11.9. The SMILES string of the molecule is CCC(C=NC)=Nc1ncnc(-c2ccc(C)cc2)c1OC. The molecule has 0 fully saturated rings. The highest BCUT2D eigenvalue weighted by Crippen LogP contribution is 2.34. The fourth-order valence-corrected chi connectivity index (χ4v) is 2.03. The third kappa shape index (κ3) is 3.55. The molecule has 0 unspecified atom stereocenters. The van der Waals surface area contributed by atoms with Gasteiger partial charge in [0, 0.05) is 18.8 Å². The van der Waals surface area contributed by atoms with Crippen molar-refractivity contribution in [2.24, 2.45) is 9.98 Å². The highest BCUT2D eigenvalue weighted by atomic mass is 16.5. The van der Waals surface area contributed by atoms with E-state index in [9.17, 15) is 0 Å². The van der Waals surface area contributed by atoms with Gasteiger partial charge >= 0.3 is 0 Å². The van der Waals surface area contributed by atoms with Crippen molar-refractivity contribution in [1.29, 1.82) is 0 Å². The van der Waals surface area contributed by atoms with Crippen LogP contribution in [0.15, 0.2) is 40.6 Å². The van der Waals surface area contributed by atoms with Gasteiger partial charge in [-0.3, -0.25) is 4.99 Å². The molecular weight excluding hydrogens is 276 g/mol. The lowest BCUT2D eigenvalue weighted by molar-refractivity contribution is 0.414. The van der Waals surface area contributed by atoms with Crippen LogP contribution in [0.5, 0.6) is 5.75 Å². The molecule has 1 aromatic carbocycles. The Balaban J connectivity index is 2.54. The van der Waals surface area contributed by atoms with Crippen LogP contribution < -0.4 is 4.74 Å². The van der Waals surface area contributed by atoms with Crippen LogP contribution in [0.2, 0.25) is 0 Å². The third-order valence-electron chi connectivity index (χ3n) is 3.20. The average molecular weight is 296 g/mol. The van der Waals surface area contributed by atoms with E-state index in [1.165, 1.54) is 11.9 Å². The Kier molecular flexibility index (Phi) is 5.36. The summed E-state index contributed by atoms with van der Waals surface area (Å²) in [5.41, 5.74) is 3.75. The fourth-order valence-electron chi connectivity index (χ4n) is 2.03. The van der Waals surface area contributed by atoms with Crippen molar-refractivity contribution in [2.45, 2.75) is 20.3 Å². The Bertz CT molecular complexity index is 690. The molecule has 0 atom stereocenters. The Labute approximate surface area is 130 Å². The maximum atomic E-state index is 5.51. The predicted octanol–water partition coefficient (Wildman–Crippen LogP) is 3.64. The molecule has 0 aliphatic rings. The van der Waals surface area contributed by atoms with Crippen molar-refractivity contribution in [3.8, 4) is 17.0 Å². The van der Waals surface area contributed by atoms with Gasteiger partial charge < -0.3 is 4.74 Å². The summed E-state index contributed by atoms with van der Waals surface area (Å²) in [6.45, 7) is 4.07. The van der Waals surface area contributed by atoms with Crippen LogP contribution >= 0.6 is 0 Å². The molecule has 0 spiro atoms. The Morgan fingerprint density at radius 3 is 2.55 bits per heavy atom. The maximum Gasteiger partial charge on any atom is 0.199 e. The zero-order chi connectivity index (χ0) is 15.9. The van der Waals surface area contributed by atoms with E-state index < -0.39 is 0 Å². The third-order valence-corrected chi connectivity index (χ3v) is 3.20. The second-order valence-corrected chi connectivity index (χ2v) is 4.79. The van der Waals surface area contributed by atoms with Gasteiger partial charge in [-0.1, -0.05) is 36.8 Å². The summed E-state index contributed by atoms with van der Waals surface area (Å²) in [4.78, 5) is 17.1. The number of ether oxygens (including phenoxy) is 1. The van der Waals surface area contributed by atoms with E-state index in [1.54, 1.807) is 20.4 Å². The summed E-state index contributed by atoms with van der Waals surface area (Å²) in [6, 6.07) is 8.12. The molecule has 0 bridgehead atoms. The lowest BCUT2D eigenvalue weighted by Gasteiger charge is -2.10. The van der Waals surface area contributed by atoms with Gasteiger partial charge in [0.15, 0.2) is 11.6 Å². The van der Waals surface area contributed by atoms with Gasteiger partial charge in [0.1, 0.15) is 12.0 Å². The van der Waals surface area contributed by atoms with Crippen molar-refractivity contribution in [2.75, 3.05) is 14.2 Å². The molecule has 5 heteroatoms. The summed E-state index contributed by atoms with van der Waals surface area (Å²) >= 11 is 0. The minimum Gasteiger partial charge on any atom is -0.491 e. The van der Waals surface area contributed by atoms with Gasteiger partial charge in [-0.05, 0) is 13.3 Å². The Hall–Kier alpha value is -2.56. The number of aromatic nitrogens is 2. The first kappa shape index (κ1) is 15.8. The first-order valence-corrected chi connectivity index (χ1v) is 7.15. The van der Waals surface area contributed by atoms with Gasteiger partial charge in [0.05, 0.1) is 12.8 Å². The largest absolute Gasteiger partial charge is 0.491 e. The van der Waals surface area contributed by atoms with E-state index >= 15 is 0 Å². The molecule has 1 aromatic heterocycles. The number of rotatable bonds is 5. The minimum atomic E-state index is 0.518. The molecule has 0 aliphatic heterocycles. The Morgan fingerprint density at radius 1 is 1.23 bits per heavy atom. The van der Waals surface area contributed by atoms with Crippen molar-refractivity contribution in [3.05, 3.63) is 36.2 Å². The van der Waals surface area contributed by atoms with E-state index in [2.05, 4.69) is 20.0 Å². The number of hydrogen-bond donors (Lipinski definition) is 0. The summed E-state index contributed by atoms with van der Waals surface area (Å²) in [6.07, 6.45) is 4.00. The van der Waals surface area contributed by atoms with Crippen molar-refractivity contribution >= 4 is 17.7 Å². The quantitative estimate of drug-likeness (QED) is 0.791. The van der Waals surface area contributed by atoms with Crippen LogP contribution in [0, 0.1) is 6.92 Å². The molecule has 5 nitrogen and oxygen atoms in total. The minimum absolute atomic E-state index is 0.518. The van der Waals surface area contributed by atoms with Crippen molar-refractivity contribution in [3.63, 3.8) is 0 Å². The smallest absolute Gasteiger partial charge is 0.199 e. The predicted molar refractivity (Wildman–Crippen MR) is 90.6 cm³/mol. The maximum absolute atomic E-state index is 5.51. The molecule has 0 saturated carbocycles. The highest BCUT2D eigenvalue weighted by molar-refractivity contribution is 6.31. The summed E-state index contributed by atoms with van der Waals surface area (Å²) in [5, 5.41) is 0. The van der Waals surface area contributed by atoms with Crippen LogP contribution in [-0.4, -0.2) is 36.1 Å². The molecule has 1 heterocycles. The summed E-state index contributed by atoms with van der Waals surface area (Å²) < 4.78 is 5.51. The van der Waals surface area contributed by atoms with Crippen LogP contribution in [0.1, 0.15) is 18.9 Å². The van der Waals surface area contributed by atoms with Gasteiger partial charge in [-0.25, -0.2) is 15.0 Å². The molecule has 0 saturated heterocycles. The van der Waals surface area contributed by atoms with Gasteiger partial charge in [0.2, 0.25) is 0 Å². The van der Waals surface area contributed by atoms with E-state index in [1.807, 2.05) is 38.1 Å². The zero-order valence-corrected chi connectivity index (χ0v) is 13.4. The summed E-state index contributed by atoms with van der Waals surface area (Å²) in [5.74, 6) is 1.09. The lowest BCUT2D eigenvalue weighted by Crippen LogP contribution is -1.99. The van der Waals surface area contributed by atoms with Crippen molar-refractivity contribution < 1.29 is 4.74 Å². The average Bonchev–Trinajstić information content (AvgIpc) is 2.55. The molecule has 2 rings (SSSR count). The van der Waals surface area contributed by atoms with Gasteiger partial charge in [0.25, 0.3) is 0 Å². The Morgan fingerprint density at radius 2 is 1.95 bits per heavy atom. The molecule has 2 aromatic rings. The van der Waals surface area contributed by atoms with Crippen molar-refractivity contribution in [1.82, 2.24) is 9.97 Å². The van der Waals surface area contributed by atoms with Gasteiger partial charge in [-0.15, -0.1) is 0 Å². The first-order valence-electron chi connectivity index (χ1n) is 7.15. The molecule has 22 heavy (non-hydrogen) atoms. The lowest BCUT2D eigenvalue weighted by atomic mass is 10.1. The molecule has 0 amide bonds. The fraction of sp³-hybridized carbons (Fsp3) is 0.294. The second kappa shape index (κ2) is 7.45. The van der Waals surface area contributed by atoms with E-state index in [-0.39, 0.29) is 0 Å². The van der Waals surface area contributed by atoms with E-state index in [4.69, 9.17) is 4.74 Å². The van der Waals surface area contributed by atoms with Crippen LogP contribution in [0.4, 0.5) is 5.82 Å². The molecule has 0 N–H and O–H groups in total. The number of methoxy groups -OCH3 is 1. The van der Waals surface area contributed by atoms with Gasteiger partial charge in [-0.2, -0.15) is 0 Å². The van der Waals surface area contributed by atoms with Crippen LogP contribution in [-0.2, 0) is 0 Å². The van der Waals surface area contributed by atoms with Crippen LogP contribution in [0.3, 0.4) is 0 Å². The molecule has 0 radical (unpaired) electrons.